The Bertz CT molecular complexity index is 579. The molecule has 98 valence electrons. The molecule has 2 rings (SSSR count). The van der Waals surface area contributed by atoms with Gasteiger partial charge >= 0.3 is 0 Å². The zero-order valence-electron chi connectivity index (χ0n) is 10.4. The SMILES string of the molecule is C=Cc1ccc(C[n+]2cccc(C(N)=O)c2)cc1.[Cl-]. The zero-order valence-corrected chi connectivity index (χ0v) is 11.2. The number of nitrogens with zero attached hydrogens (tertiary/aromatic N) is 1. The average Bonchev–Trinajstić information content (AvgIpc) is 2.40. The third-order valence-corrected chi connectivity index (χ3v) is 2.72. The van der Waals surface area contributed by atoms with Crippen LogP contribution in [0.15, 0.2) is 55.4 Å². The topological polar surface area (TPSA) is 47.0 Å². The first kappa shape index (κ1) is 14.9. The molecule has 1 aromatic heterocycles. The van der Waals surface area contributed by atoms with Crippen molar-refractivity contribution in [2.45, 2.75) is 6.54 Å². The van der Waals surface area contributed by atoms with E-state index in [-0.39, 0.29) is 12.4 Å². The molecule has 2 aromatic rings. The Morgan fingerprint density at radius 3 is 2.53 bits per heavy atom. The molecule has 0 aliphatic heterocycles. The van der Waals surface area contributed by atoms with E-state index in [2.05, 4.69) is 6.58 Å². The molecular formula is C15H15ClN2O. The van der Waals surface area contributed by atoms with Crippen LogP contribution in [0.25, 0.3) is 6.08 Å². The van der Waals surface area contributed by atoms with Crippen molar-refractivity contribution in [3.8, 4) is 0 Å². The van der Waals surface area contributed by atoms with E-state index in [0.29, 0.717) is 12.1 Å². The molecule has 0 aliphatic rings. The molecule has 1 heterocycles. The fourth-order valence-corrected chi connectivity index (χ4v) is 1.74. The number of rotatable bonds is 4. The maximum absolute atomic E-state index is 11.1. The lowest BCUT2D eigenvalue weighted by Gasteiger charge is -2.00. The summed E-state index contributed by atoms with van der Waals surface area (Å²) in [6.07, 6.45) is 5.47. The zero-order chi connectivity index (χ0) is 13.0. The number of primary amides is 1. The molecule has 0 fully saturated rings. The lowest BCUT2D eigenvalue weighted by molar-refractivity contribution is -0.688. The molecule has 19 heavy (non-hydrogen) atoms. The second-order valence-corrected chi connectivity index (χ2v) is 4.07. The monoisotopic (exact) mass is 274 g/mol. The minimum absolute atomic E-state index is 0. The molecule has 3 nitrogen and oxygen atoms in total. The Hall–Kier alpha value is -2.13. The van der Waals surface area contributed by atoms with Crippen molar-refractivity contribution >= 4 is 12.0 Å². The molecule has 0 bridgehead atoms. The molecule has 1 aromatic carbocycles. The summed E-state index contributed by atoms with van der Waals surface area (Å²) in [7, 11) is 0. The summed E-state index contributed by atoms with van der Waals surface area (Å²) in [5, 5.41) is 0. The van der Waals surface area contributed by atoms with E-state index in [1.807, 2.05) is 47.2 Å². The third kappa shape index (κ3) is 3.93. The summed E-state index contributed by atoms with van der Waals surface area (Å²) >= 11 is 0. The van der Waals surface area contributed by atoms with Gasteiger partial charge < -0.3 is 18.1 Å². The number of amides is 1. The van der Waals surface area contributed by atoms with Crippen molar-refractivity contribution in [3.63, 3.8) is 0 Å². The standard InChI is InChI=1S/C15H14N2O.ClH/c1-2-12-5-7-13(8-6-12)10-17-9-3-4-14(11-17)15(16)18;/h2-9,11H,1,10H2,(H-,16,18);1H. The number of pyridine rings is 1. The van der Waals surface area contributed by atoms with Crippen LogP contribution in [0.4, 0.5) is 0 Å². The fourth-order valence-electron chi connectivity index (χ4n) is 1.74. The van der Waals surface area contributed by atoms with Crippen LogP contribution in [0, 0.1) is 0 Å². The number of hydrogen-bond donors (Lipinski definition) is 1. The molecule has 2 N–H and O–H groups in total. The lowest BCUT2D eigenvalue weighted by Crippen LogP contribution is -3.00. The molecule has 4 heteroatoms. The Balaban J connectivity index is 0.00000180. The van der Waals surface area contributed by atoms with E-state index in [9.17, 15) is 4.79 Å². The van der Waals surface area contributed by atoms with Crippen molar-refractivity contribution in [2.24, 2.45) is 5.73 Å². The summed E-state index contributed by atoms with van der Waals surface area (Å²) in [6.45, 7) is 4.43. The number of benzene rings is 1. The highest BCUT2D eigenvalue weighted by atomic mass is 35.5. The van der Waals surface area contributed by atoms with Crippen molar-refractivity contribution in [3.05, 3.63) is 72.1 Å². The van der Waals surface area contributed by atoms with Gasteiger partial charge in [-0.3, -0.25) is 4.79 Å². The second kappa shape index (κ2) is 6.71. The highest BCUT2D eigenvalue weighted by molar-refractivity contribution is 5.92. The summed E-state index contributed by atoms with van der Waals surface area (Å²) in [5.41, 5.74) is 8.02. The Labute approximate surface area is 118 Å². The smallest absolute Gasteiger partial charge is 0.254 e. The second-order valence-electron chi connectivity index (χ2n) is 4.07. The van der Waals surface area contributed by atoms with E-state index < -0.39 is 5.91 Å². The van der Waals surface area contributed by atoms with Gasteiger partial charge in [-0.15, -0.1) is 0 Å². The van der Waals surface area contributed by atoms with E-state index >= 15 is 0 Å². The molecule has 0 aliphatic carbocycles. The van der Waals surface area contributed by atoms with Gasteiger partial charge in [0.25, 0.3) is 5.91 Å². The molecule has 1 amide bonds. The van der Waals surface area contributed by atoms with Crippen LogP contribution in [0.3, 0.4) is 0 Å². The molecule has 0 spiro atoms. The maximum Gasteiger partial charge on any atom is 0.254 e. The van der Waals surface area contributed by atoms with Gasteiger partial charge in [-0.05, 0) is 11.6 Å². The van der Waals surface area contributed by atoms with Crippen LogP contribution in [0.5, 0.6) is 0 Å². The average molecular weight is 275 g/mol. The highest BCUT2D eigenvalue weighted by Crippen LogP contribution is 2.05. The van der Waals surface area contributed by atoms with E-state index in [1.165, 1.54) is 0 Å². The van der Waals surface area contributed by atoms with Gasteiger partial charge in [0, 0.05) is 11.6 Å². The Kier molecular flexibility index (Phi) is 5.27. The molecule has 0 radical (unpaired) electrons. The number of nitrogens with two attached hydrogens (primary N) is 1. The van der Waals surface area contributed by atoms with Gasteiger partial charge in [0.2, 0.25) is 0 Å². The number of carbonyl (C=O) groups excluding carboxylic acids is 1. The van der Waals surface area contributed by atoms with Crippen molar-refractivity contribution in [1.29, 1.82) is 0 Å². The first-order chi connectivity index (χ1) is 8.69. The van der Waals surface area contributed by atoms with E-state index in [0.717, 1.165) is 11.1 Å². The van der Waals surface area contributed by atoms with Crippen molar-refractivity contribution in [1.82, 2.24) is 0 Å². The first-order valence-electron chi connectivity index (χ1n) is 5.69. The Morgan fingerprint density at radius 2 is 1.95 bits per heavy atom. The quantitative estimate of drug-likeness (QED) is 0.698. The van der Waals surface area contributed by atoms with Crippen LogP contribution in [-0.2, 0) is 6.54 Å². The molecule has 0 atom stereocenters. The number of aromatic nitrogens is 1. The summed E-state index contributed by atoms with van der Waals surface area (Å²) in [4.78, 5) is 11.1. The fraction of sp³-hybridized carbons (Fsp3) is 0.0667. The molecule has 0 saturated heterocycles. The van der Waals surface area contributed by atoms with Crippen LogP contribution in [0.1, 0.15) is 21.5 Å². The van der Waals surface area contributed by atoms with Gasteiger partial charge in [-0.1, -0.05) is 36.9 Å². The Morgan fingerprint density at radius 1 is 1.26 bits per heavy atom. The minimum Gasteiger partial charge on any atom is -1.00 e. The van der Waals surface area contributed by atoms with E-state index in [1.54, 1.807) is 12.3 Å². The first-order valence-corrected chi connectivity index (χ1v) is 5.69. The third-order valence-electron chi connectivity index (χ3n) is 2.72. The predicted molar refractivity (Wildman–Crippen MR) is 70.8 cm³/mol. The summed E-state index contributed by atoms with van der Waals surface area (Å²) < 4.78 is 1.93. The number of halogens is 1. The number of hydrogen-bond acceptors (Lipinski definition) is 1. The van der Waals surface area contributed by atoms with Crippen LogP contribution in [-0.4, -0.2) is 5.91 Å². The molecular weight excluding hydrogens is 260 g/mol. The van der Waals surface area contributed by atoms with Crippen LogP contribution in [0.2, 0.25) is 0 Å². The number of carbonyl (C=O) groups is 1. The largest absolute Gasteiger partial charge is 1.00 e. The maximum atomic E-state index is 11.1. The van der Waals surface area contributed by atoms with Crippen molar-refractivity contribution < 1.29 is 21.8 Å². The summed E-state index contributed by atoms with van der Waals surface area (Å²) in [6, 6.07) is 11.6. The predicted octanol–water partition coefficient (Wildman–Crippen LogP) is -1.23. The van der Waals surface area contributed by atoms with Gasteiger partial charge in [0.15, 0.2) is 18.9 Å². The highest BCUT2D eigenvalue weighted by Gasteiger charge is 2.07. The van der Waals surface area contributed by atoms with Gasteiger partial charge in [0.1, 0.15) is 5.56 Å². The van der Waals surface area contributed by atoms with Gasteiger partial charge in [0.05, 0.1) is 0 Å². The van der Waals surface area contributed by atoms with E-state index in [4.69, 9.17) is 5.73 Å². The minimum atomic E-state index is -0.411. The van der Waals surface area contributed by atoms with Gasteiger partial charge in [-0.2, -0.15) is 4.57 Å². The molecule has 0 unspecified atom stereocenters. The molecule has 0 saturated carbocycles. The lowest BCUT2D eigenvalue weighted by atomic mass is 10.1. The summed E-state index contributed by atoms with van der Waals surface area (Å²) in [5.74, 6) is -0.411. The van der Waals surface area contributed by atoms with Gasteiger partial charge in [-0.25, -0.2) is 0 Å². The van der Waals surface area contributed by atoms with Crippen LogP contribution < -0.4 is 22.7 Å². The van der Waals surface area contributed by atoms with Crippen molar-refractivity contribution in [2.75, 3.05) is 0 Å². The normalized spacial score (nSPS) is 9.47. The van der Waals surface area contributed by atoms with Crippen LogP contribution >= 0.6 is 0 Å².